The van der Waals surface area contributed by atoms with Gasteiger partial charge in [-0.25, -0.2) is 13.2 Å². The van der Waals surface area contributed by atoms with Crippen LogP contribution in [0.15, 0.2) is 53.4 Å². The van der Waals surface area contributed by atoms with E-state index in [0.717, 1.165) is 0 Å². The van der Waals surface area contributed by atoms with Crippen LogP contribution in [0.5, 0.6) is 0 Å². The highest BCUT2D eigenvalue weighted by Crippen LogP contribution is 2.19. The van der Waals surface area contributed by atoms with Crippen LogP contribution in [0.25, 0.3) is 0 Å². The number of hydrogen-bond acceptors (Lipinski definition) is 6. The number of sulfone groups is 1. The van der Waals surface area contributed by atoms with E-state index in [9.17, 15) is 22.8 Å². The van der Waals surface area contributed by atoms with Crippen LogP contribution >= 0.6 is 0 Å². The Kier molecular flexibility index (Phi) is 7.11. The van der Waals surface area contributed by atoms with Crippen molar-refractivity contribution < 1.29 is 27.5 Å². The summed E-state index contributed by atoms with van der Waals surface area (Å²) >= 11 is 0. The van der Waals surface area contributed by atoms with Gasteiger partial charge in [0.15, 0.2) is 15.9 Å². The third-order valence-corrected chi connectivity index (χ3v) is 5.73. The van der Waals surface area contributed by atoms with Crippen molar-refractivity contribution in [3.8, 4) is 0 Å². The third kappa shape index (κ3) is 5.89. The Bertz CT molecular complexity index is 1020. The lowest BCUT2D eigenvalue weighted by molar-refractivity contribution is -0.123. The number of anilines is 2. The van der Waals surface area contributed by atoms with Gasteiger partial charge >= 0.3 is 5.97 Å². The summed E-state index contributed by atoms with van der Waals surface area (Å²) in [6.07, 6.45) is -1.16. The molecule has 0 saturated carbocycles. The number of amides is 2. The van der Waals surface area contributed by atoms with Gasteiger partial charge in [0.2, 0.25) is 5.91 Å². The SMILES string of the molecule is CCS(=O)(=O)c1ccccc1C(=O)OC(C)C(=O)Nc1ccc(NC(C)=O)cc1. The van der Waals surface area contributed by atoms with E-state index in [-0.39, 0.29) is 22.1 Å². The van der Waals surface area contributed by atoms with Crippen LogP contribution in [0.1, 0.15) is 31.1 Å². The van der Waals surface area contributed by atoms with Crippen molar-refractivity contribution in [2.45, 2.75) is 31.8 Å². The van der Waals surface area contributed by atoms with E-state index in [1.807, 2.05) is 0 Å². The molecule has 0 aliphatic heterocycles. The van der Waals surface area contributed by atoms with Gasteiger partial charge in [-0.3, -0.25) is 9.59 Å². The van der Waals surface area contributed by atoms with Gasteiger partial charge in [0.25, 0.3) is 5.91 Å². The van der Waals surface area contributed by atoms with Gasteiger partial charge in [0, 0.05) is 18.3 Å². The van der Waals surface area contributed by atoms with E-state index in [4.69, 9.17) is 4.74 Å². The molecule has 29 heavy (non-hydrogen) atoms. The van der Waals surface area contributed by atoms with Gasteiger partial charge in [-0.2, -0.15) is 0 Å². The van der Waals surface area contributed by atoms with Crippen LogP contribution in [0.3, 0.4) is 0 Å². The monoisotopic (exact) mass is 418 g/mol. The van der Waals surface area contributed by atoms with Crippen molar-refractivity contribution in [2.24, 2.45) is 0 Å². The molecule has 8 nitrogen and oxygen atoms in total. The summed E-state index contributed by atoms with van der Waals surface area (Å²) in [5.74, 6) is -1.86. The van der Waals surface area contributed by atoms with Gasteiger partial charge in [-0.1, -0.05) is 19.1 Å². The average Bonchev–Trinajstić information content (AvgIpc) is 2.69. The Morgan fingerprint density at radius 1 is 0.966 bits per heavy atom. The van der Waals surface area contributed by atoms with E-state index in [0.29, 0.717) is 11.4 Å². The minimum Gasteiger partial charge on any atom is -0.449 e. The fraction of sp³-hybridized carbons (Fsp3) is 0.250. The third-order valence-electron chi connectivity index (χ3n) is 3.95. The molecule has 0 aromatic heterocycles. The molecule has 0 aliphatic rings. The predicted molar refractivity (Wildman–Crippen MR) is 108 cm³/mol. The Balaban J connectivity index is 2.07. The molecule has 2 amide bonds. The fourth-order valence-electron chi connectivity index (χ4n) is 2.42. The minimum atomic E-state index is -3.62. The summed E-state index contributed by atoms with van der Waals surface area (Å²) in [7, 11) is -3.62. The molecule has 2 aromatic carbocycles. The van der Waals surface area contributed by atoms with Crippen molar-refractivity contribution in [1.29, 1.82) is 0 Å². The summed E-state index contributed by atoms with van der Waals surface area (Å²) in [5, 5.41) is 5.19. The zero-order valence-corrected chi connectivity index (χ0v) is 17.1. The molecule has 0 heterocycles. The van der Waals surface area contributed by atoms with E-state index >= 15 is 0 Å². The molecular formula is C20H22N2O6S. The van der Waals surface area contributed by atoms with Gasteiger partial charge in [0.1, 0.15) is 0 Å². The second kappa shape index (κ2) is 9.33. The Morgan fingerprint density at radius 2 is 1.52 bits per heavy atom. The number of carbonyl (C=O) groups excluding carboxylic acids is 3. The quantitative estimate of drug-likeness (QED) is 0.667. The maximum absolute atomic E-state index is 12.4. The molecule has 0 spiro atoms. The lowest BCUT2D eigenvalue weighted by Gasteiger charge is -2.15. The zero-order chi connectivity index (χ0) is 21.6. The minimum absolute atomic E-state index is 0.117. The summed E-state index contributed by atoms with van der Waals surface area (Å²) < 4.78 is 29.5. The first-order chi connectivity index (χ1) is 13.6. The highest BCUT2D eigenvalue weighted by Gasteiger charge is 2.25. The Hall–Kier alpha value is -3.20. The lowest BCUT2D eigenvalue weighted by Crippen LogP contribution is -2.30. The summed E-state index contributed by atoms with van der Waals surface area (Å²) in [6, 6.07) is 12.1. The summed E-state index contributed by atoms with van der Waals surface area (Å²) in [4.78, 5) is 35.6. The molecule has 0 aliphatic carbocycles. The van der Waals surface area contributed by atoms with Crippen LogP contribution in [0.2, 0.25) is 0 Å². The van der Waals surface area contributed by atoms with Crippen LogP contribution in [-0.2, 0) is 24.2 Å². The molecule has 2 aromatic rings. The first-order valence-electron chi connectivity index (χ1n) is 8.85. The normalized spacial score (nSPS) is 12.0. The molecule has 1 unspecified atom stereocenters. The van der Waals surface area contributed by atoms with Crippen LogP contribution < -0.4 is 10.6 Å². The van der Waals surface area contributed by atoms with E-state index in [1.165, 1.54) is 45.0 Å². The van der Waals surface area contributed by atoms with Crippen molar-refractivity contribution in [3.63, 3.8) is 0 Å². The molecule has 9 heteroatoms. The number of esters is 1. The Labute approximate surface area is 169 Å². The van der Waals surface area contributed by atoms with E-state index in [2.05, 4.69) is 10.6 Å². The van der Waals surface area contributed by atoms with Gasteiger partial charge in [-0.15, -0.1) is 0 Å². The van der Waals surface area contributed by atoms with E-state index in [1.54, 1.807) is 24.3 Å². The number of carbonyl (C=O) groups is 3. The molecule has 2 N–H and O–H groups in total. The Morgan fingerprint density at radius 3 is 2.07 bits per heavy atom. The first kappa shape index (κ1) is 22.1. The summed E-state index contributed by atoms with van der Waals surface area (Å²) in [5.41, 5.74) is 0.901. The average molecular weight is 418 g/mol. The van der Waals surface area contributed by atoms with Gasteiger partial charge in [0.05, 0.1) is 16.2 Å². The molecule has 0 fully saturated rings. The predicted octanol–water partition coefficient (Wildman–Crippen LogP) is 2.62. The van der Waals surface area contributed by atoms with Crippen LogP contribution in [0.4, 0.5) is 11.4 Å². The molecule has 0 saturated heterocycles. The fourth-order valence-corrected chi connectivity index (χ4v) is 3.51. The summed E-state index contributed by atoms with van der Waals surface area (Å²) in [6.45, 7) is 4.25. The van der Waals surface area contributed by atoms with Gasteiger partial charge in [-0.05, 0) is 43.3 Å². The number of hydrogen-bond donors (Lipinski definition) is 2. The van der Waals surface area contributed by atoms with Crippen LogP contribution in [-0.4, -0.2) is 38.1 Å². The maximum Gasteiger partial charge on any atom is 0.340 e. The highest BCUT2D eigenvalue weighted by molar-refractivity contribution is 7.91. The molecule has 1 atom stereocenters. The van der Waals surface area contributed by atoms with E-state index < -0.39 is 27.8 Å². The standard InChI is InChI=1S/C20H22N2O6S/c1-4-29(26,27)18-8-6-5-7-17(18)20(25)28-13(2)19(24)22-16-11-9-15(10-12-16)21-14(3)23/h5-13H,4H2,1-3H3,(H,21,23)(H,22,24). The van der Waals surface area contributed by atoms with Gasteiger partial charge < -0.3 is 15.4 Å². The molecule has 154 valence electrons. The molecule has 0 bridgehead atoms. The number of rotatable bonds is 7. The highest BCUT2D eigenvalue weighted by atomic mass is 32.2. The number of ether oxygens (including phenoxy) is 1. The maximum atomic E-state index is 12.4. The van der Waals surface area contributed by atoms with Crippen molar-refractivity contribution in [2.75, 3.05) is 16.4 Å². The topological polar surface area (TPSA) is 119 Å². The van der Waals surface area contributed by atoms with Crippen LogP contribution in [0, 0.1) is 0 Å². The molecule has 2 rings (SSSR count). The smallest absolute Gasteiger partial charge is 0.340 e. The first-order valence-corrected chi connectivity index (χ1v) is 10.5. The van der Waals surface area contributed by atoms with Crippen molar-refractivity contribution in [3.05, 3.63) is 54.1 Å². The largest absolute Gasteiger partial charge is 0.449 e. The number of benzene rings is 2. The van der Waals surface area contributed by atoms with Crippen molar-refractivity contribution >= 4 is 39.0 Å². The second-order valence-corrected chi connectivity index (χ2v) is 8.44. The second-order valence-electron chi connectivity index (χ2n) is 6.19. The molecule has 0 radical (unpaired) electrons. The zero-order valence-electron chi connectivity index (χ0n) is 16.3. The molecular weight excluding hydrogens is 396 g/mol. The van der Waals surface area contributed by atoms with Crippen molar-refractivity contribution in [1.82, 2.24) is 0 Å². The lowest BCUT2D eigenvalue weighted by atomic mass is 10.2. The number of nitrogens with one attached hydrogen (secondary N) is 2.